The number of carbonyl (C=O) groups excluding carboxylic acids is 3. The molecule has 0 atom stereocenters. The monoisotopic (exact) mass is 344 g/mol. The molecule has 0 aliphatic carbocycles. The summed E-state index contributed by atoms with van der Waals surface area (Å²) in [5, 5.41) is 8.69. The van der Waals surface area contributed by atoms with E-state index in [1.165, 1.54) is 5.57 Å². The van der Waals surface area contributed by atoms with Gasteiger partial charge in [0, 0.05) is 13.1 Å². The summed E-state index contributed by atoms with van der Waals surface area (Å²) < 4.78 is 0. The van der Waals surface area contributed by atoms with Crippen LogP contribution in [0.2, 0.25) is 0 Å². The van der Waals surface area contributed by atoms with Gasteiger partial charge < -0.3 is 16.0 Å². The lowest BCUT2D eigenvalue weighted by Gasteiger charge is -2.23. The van der Waals surface area contributed by atoms with Crippen molar-refractivity contribution in [1.29, 1.82) is 0 Å². The van der Waals surface area contributed by atoms with E-state index in [1.54, 1.807) is 0 Å². The molecule has 1 fully saturated rings. The van der Waals surface area contributed by atoms with Crippen LogP contribution in [0.5, 0.6) is 0 Å². The summed E-state index contributed by atoms with van der Waals surface area (Å²) >= 11 is 0. The maximum Gasteiger partial charge on any atom is 0.325 e. The fraction of sp³-hybridized carbons (Fsp3) is 0.667. The third kappa shape index (κ3) is 4.23. The predicted octanol–water partition coefficient (Wildman–Crippen LogP) is 0.555. The molecule has 130 valence electrons. The van der Waals surface area contributed by atoms with E-state index in [0.29, 0.717) is 19.4 Å². The standard InChI is InChI=1S/C15H24N4O3.ClH/c1-3-15(4-2)13(21)19(14(22)18-15)10-12(20)17-9-11-5-7-16-8-6-11;/h5,16H,3-4,6-10H2,1-2H3,(H,17,20)(H,18,22);1H. The van der Waals surface area contributed by atoms with Crippen molar-refractivity contribution in [3.05, 3.63) is 11.6 Å². The molecular formula is C15H25ClN4O3. The van der Waals surface area contributed by atoms with Gasteiger partial charge in [0.1, 0.15) is 12.1 Å². The maximum absolute atomic E-state index is 12.4. The Balaban J connectivity index is 0.00000264. The second-order valence-electron chi connectivity index (χ2n) is 5.70. The molecule has 1 saturated heterocycles. The van der Waals surface area contributed by atoms with Crippen LogP contribution in [0.15, 0.2) is 11.6 Å². The van der Waals surface area contributed by atoms with Crippen molar-refractivity contribution < 1.29 is 14.4 Å². The Kier molecular flexibility index (Phi) is 7.02. The van der Waals surface area contributed by atoms with Gasteiger partial charge in [0.05, 0.1) is 0 Å². The van der Waals surface area contributed by atoms with Gasteiger partial charge in [0.2, 0.25) is 5.91 Å². The van der Waals surface area contributed by atoms with Crippen molar-refractivity contribution >= 4 is 30.3 Å². The van der Waals surface area contributed by atoms with E-state index in [-0.39, 0.29) is 30.8 Å². The SMILES string of the molecule is CCC1(CC)NC(=O)N(CC(=O)NCC2=CCNCC2)C1=O.Cl. The van der Waals surface area contributed by atoms with Gasteiger partial charge in [-0.05, 0) is 25.8 Å². The molecule has 0 spiro atoms. The number of hydrogen-bond acceptors (Lipinski definition) is 4. The zero-order valence-electron chi connectivity index (χ0n) is 13.6. The Morgan fingerprint density at radius 2 is 2.04 bits per heavy atom. The molecule has 0 radical (unpaired) electrons. The number of imide groups is 1. The van der Waals surface area contributed by atoms with Crippen molar-refractivity contribution in [2.75, 3.05) is 26.2 Å². The van der Waals surface area contributed by atoms with E-state index >= 15 is 0 Å². The minimum Gasteiger partial charge on any atom is -0.351 e. The number of nitrogens with one attached hydrogen (secondary N) is 3. The van der Waals surface area contributed by atoms with Crippen molar-refractivity contribution in [1.82, 2.24) is 20.9 Å². The molecule has 7 nitrogen and oxygen atoms in total. The van der Waals surface area contributed by atoms with Crippen LogP contribution in [0.4, 0.5) is 4.79 Å². The first-order chi connectivity index (χ1) is 10.5. The summed E-state index contributed by atoms with van der Waals surface area (Å²) in [7, 11) is 0. The average Bonchev–Trinajstić information content (AvgIpc) is 2.78. The highest BCUT2D eigenvalue weighted by molar-refractivity contribution is 6.08. The van der Waals surface area contributed by atoms with E-state index in [2.05, 4.69) is 22.0 Å². The lowest BCUT2D eigenvalue weighted by atomic mass is 9.93. The summed E-state index contributed by atoms with van der Waals surface area (Å²) in [6.45, 7) is 5.68. The van der Waals surface area contributed by atoms with Gasteiger partial charge in [-0.15, -0.1) is 12.4 Å². The summed E-state index contributed by atoms with van der Waals surface area (Å²) in [5.74, 6) is -0.621. The normalized spacial score (nSPS) is 19.7. The number of rotatable bonds is 6. The molecule has 0 aromatic carbocycles. The lowest BCUT2D eigenvalue weighted by molar-refractivity contribution is -0.135. The van der Waals surface area contributed by atoms with Crippen molar-refractivity contribution in [2.45, 2.75) is 38.6 Å². The molecule has 23 heavy (non-hydrogen) atoms. The smallest absolute Gasteiger partial charge is 0.325 e. The van der Waals surface area contributed by atoms with Crippen molar-refractivity contribution in [2.24, 2.45) is 0 Å². The lowest BCUT2D eigenvalue weighted by Crippen LogP contribution is -2.46. The quantitative estimate of drug-likeness (QED) is 0.485. The van der Waals surface area contributed by atoms with Gasteiger partial charge in [-0.3, -0.25) is 14.5 Å². The third-order valence-electron chi connectivity index (χ3n) is 4.43. The molecule has 2 aliphatic rings. The molecule has 2 aliphatic heterocycles. The molecule has 0 saturated carbocycles. The van der Waals surface area contributed by atoms with Crippen molar-refractivity contribution in [3.63, 3.8) is 0 Å². The van der Waals surface area contributed by atoms with Crippen LogP contribution < -0.4 is 16.0 Å². The maximum atomic E-state index is 12.4. The molecule has 0 aromatic heterocycles. The second-order valence-corrected chi connectivity index (χ2v) is 5.70. The summed E-state index contributed by atoms with van der Waals surface area (Å²) in [6.07, 6.45) is 3.99. The summed E-state index contributed by atoms with van der Waals surface area (Å²) in [6, 6.07) is -0.482. The molecule has 0 bridgehead atoms. The average molecular weight is 345 g/mol. The highest BCUT2D eigenvalue weighted by Crippen LogP contribution is 2.24. The van der Waals surface area contributed by atoms with Crippen LogP contribution in [0.3, 0.4) is 0 Å². The first-order valence-corrected chi connectivity index (χ1v) is 7.82. The molecule has 2 rings (SSSR count). The fourth-order valence-corrected chi connectivity index (χ4v) is 2.79. The number of hydrogen-bond donors (Lipinski definition) is 3. The van der Waals surface area contributed by atoms with E-state index < -0.39 is 11.6 Å². The molecule has 3 N–H and O–H groups in total. The molecule has 8 heteroatoms. The summed E-state index contributed by atoms with van der Waals surface area (Å²) in [5.41, 5.74) is 0.315. The minimum absolute atomic E-state index is 0. The molecule has 4 amide bonds. The third-order valence-corrected chi connectivity index (χ3v) is 4.43. The first-order valence-electron chi connectivity index (χ1n) is 7.82. The number of halogens is 1. The van der Waals surface area contributed by atoms with Crippen LogP contribution in [0, 0.1) is 0 Å². The molecular weight excluding hydrogens is 320 g/mol. The van der Waals surface area contributed by atoms with Gasteiger partial charge in [0.25, 0.3) is 5.91 Å². The highest BCUT2D eigenvalue weighted by Gasteiger charge is 2.49. The molecule has 2 heterocycles. The van der Waals surface area contributed by atoms with Gasteiger partial charge in [-0.1, -0.05) is 25.5 Å². The number of urea groups is 1. The van der Waals surface area contributed by atoms with E-state index in [0.717, 1.165) is 24.4 Å². The van der Waals surface area contributed by atoms with Gasteiger partial charge >= 0.3 is 6.03 Å². The topological polar surface area (TPSA) is 90.5 Å². The number of amides is 4. The van der Waals surface area contributed by atoms with Crippen LogP contribution in [0.1, 0.15) is 33.1 Å². The van der Waals surface area contributed by atoms with Crippen LogP contribution in [-0.4, -0.2) is 54.5 Å². The zero-order valence-corrected chi connectivity index (χ0v) is 14.4. The van der Waals surface area contributed by atoms with Crippen LogP contribution >= 0.6 is 12.4 Å². The Hall–Kier alpha value is -1.60. The van der Waals surface area contributed by atoms with Crippen LogP contribution in [-0.2, 0) is 9.59 Å². The van der Waals surface area contributed by atoms with Gasteiger partial charge in [-0.25, -0.2) is 4.79 Å². The zero-order chi connectivity index (χ0) is 16.2. The number of carbonyl (C=O) groups is 3. The van der Waals surface area contributed by atoms with E-state index in [4.69, 9.17) is 0 Å². The van der Waals surface area contributed by atoms with Crippen molar-refractivity contribution in [3.8, 4) is 0 Å². The second kappa shape index (κ2) is 8.31. The largest absolute Gasteiger partial charge is 0.351 e. The molecule has 0 unspecified atom stereocenters. The fourth-order valence-electron chi connectivity index (χ4n) is 2.79. The van der Waals surface area contributed by atoms with E-state index in [1.807, 2.05) is 13.8 Å². The highest BCUT2D eigenvalue weighted by atomic mass is 35.5. The van der Waals surface area contributed by atoms with Gasteiger partial charge in [-0.2, -0.15) is 0 Å². The Morgan fingerprint density at radius 1 is 1.35 bits per heavy atom. The van der Waals surface area contributed by atoms with Gasteiger partial charge in [0.15, 0.2) is 0 Å². The minimum atomic E-state index is -0.852. The predicted molar refractivity (Wildman–Crippen MR) is 89.4 cm³/mol. The first kappa shape index (κ1) is 19.4. The Morgan fingerprint density at radius 3 is 2.57 bits per heavy atom. The van der Waals surface area contributed by atoms with E-state index in [9.17, 15) is 14.4 Å². The molecule has 0 aromatic rings. The Bertz CT molecular complexity index is 503. The van der Waals surface area contributed by atoms with Crippen LogP contribution in [0.25, 0.3) is 0 Å². The summed E-state index contributed by atoms with van der Waals surface area (Å²) in [4.78, 5) is 37.3. The number of nitrogens with zero attached hydrogens (tertiary/aromatic N) is 1. The Labute approximate surface area is 142 Å².